The van der Waals surface area contributed by atoms with E-state index in [1.54, 1.807) is 6.07 Å². The maximum absolute atomic E-state index is 12.2. The first kappa shape index (κ1) is 16.5. The first-order chi connectivity index (χ1) is 8.64. The summed E-state index contributed by atoms with van der Waals surface area (Å²) in [6.45, 7) is 2.18. The molecule has 1 fully saturated rings. The van der Waals surface area contributed by atoms with E-state index in [2.05, 4.69) is 5.32 Å². The molecule has 1 aliphatic rings. The van der Waals surface area contributed by atoms with Crippen LogP contribution in [0.25, 0.3) is 0 Å². The number of nitrogens with one attached hydrogen (secondary N) is 1. The molecule has 0 aliphatic carbocycles. The van der Waals surface area contributed by atoms with Gasteiger partial charge in [0, 0.05) is 13.1 Å². The summed E-state index contributed by atoms with van der Waals surface area (Å²) in [4.78, 5) is 0. The van der Waals surface area contributed by atoms with E-state index in [0.717, 1.165) is 25.8 Å². The summed E-state index contributed by atoms with van der Waals surface area (Å²) in [5.74, 6) is 0.625. The number of halogens is 1. The van der Waals surface area contributed by atoms with Gasteiger partial charge in [-0.15, -0.1) is 12.4 Å². The zero-order valence-corrected chi connectivity index (χ0v) is 12.7. The summed E-state index contributed by atoms with van der Waals surface area (Å²) >= 11 is 0. The fourth-order valence-corrected chi connectivity index (χ4v) is 3.70. The molecule has 0 saturated carbocycles. The lowest BCUT2D eigenvalue weighted by molar-refractivity contribution is 0.258. The number of furan rings is 1. The smallest absolute Gasteiger partial charge is 0.276 e. The first-order valence-electron chi connectivity index (χ1n) is 6.33. The van der Waals surface area contributed by atoms with Gasteiger partial charge in [-0.2, -0.15) is 4.31 Å². The SMILES string of the molecule is CNCCC1CCN(S(=O)(=O)c2ccco2)CC1.Cl. The molecular formula is C12H21ClN2O3S. The van der Waals surface area contributed by atoms with E-state index >= 15 is 0 Å². The van der Waals surface area contributed by atoms with Crippen LogP contribution in [0.1, 0.15) is 19.3 Å². The van der Waals surface area contributed by atoms with Gasteiger partial charge in [0.2, 0.25) is 5.09 Å². The number of hydrogen-bond donors (Lipinski definition) is 1. The normalized spacial score (nSPS) is 18.2. The van der Waals surface area contributed by atoms with Crippen molar-refractivity contribution in [2.24, 2.45) is 5.92 Å². The molecule has 1 aromatic rings. The van der Waals surface area contributed by atoms with Gasteiger partial charge in [0.25, 0.3) is 10.0 Å². The van der Waals surface area contributed by atoms with Crippen LogP contribution >= 0.6 is 12.4 Å². The average Bonchev–Trinajstić information content (AvgIpc) is 2.91. The van der Waals surface area contributed by atoms with Gasteiger partial charge in [-0.3, -0.25) is 0 Å². The molecule has 0 atom stereocenters. The van der Waals surface area contributed by atoms with Crippen LogP contribution in [0.5, 0.6) is 0 Å². The fourth-order valence-electron chi connectivity index (χ4n) is 2.32. The van der Waals surface area contributed by atoms with Crippen LogP contribution in [0.3, 0.4) is 0 Å². The third-order valence-corrected chi connectivity index (χ3v) is 5.25. The van der Waals surface area contributed by atoms with Crippen molar-refractivity contribution >= 4 is 22.4 Å². The highest BCUT2D eigenvalue weighted by Gasteiger charge is 2.30. The Morgan fingerprint density at radius 1 is 1.42 bits per heavy atom. The molecule has 2 rings (SSSR count). The minimum Gasteiger partial charge on any atom is -0.452 e. The summed E-state index contributed by atoms with van der Waals surface area (Å²) in [6.07, 6.45) is 4.38. The van der Waals surface area contributed by atoms with Crippen molar-refractivity contribution < 1.29 is 12.8 Å². The Labute approximate surface area is 120 Å². The van der Waals surface area contributed by atoms with Crippen molar-refractivity contribution in [2.75, 3.05) is 26.7 Å². The van der Waals surface area contributed by atoms with Crippen LogP contribution in [0.2, 0.25) is 0 Å². The lowest BCUT2D eigenvalue weighted by Crippen LogP contribution is -2.38. The number of hydrogen-bond acceptors (Lipinski definition) is 4. The van der Waals surface area contributed by atoms with Gasteiger partial charge in [0.15, 0.2) is 0 Å². The summed E-state index contributed by atoms with van der Waals surface area (Å²) in [7, 11) is -1.47. The molecule has 2 heterocycles. The van der Waals surface area contributed by atoms with Crippen LogP contribution in [0.4, 0.5) is 0 Å². The van der Waals surface area contributed by atoms with Crippen LogP contribution in [-0.2, 0) is 10.0 Å². The van der Waals surface area contributed by atoms with Crippen LogP contribution in [0, 0.1) is 5.92 Å². The summed E-state index contributed by atoms with van der Waals surface area (Å²) in [5.41, 5.74) is 0. The Balaban J connectivity index is 0.00000180. The predicted octanol–water partition coefficient (Wildman–Crippen LogP) is 1.71. The molecule has 0 amide bonds. The largest absolute Gasteiger partial charge is 0.452 e. The van der Waals surface area contributed by atoms with Crippen molar-refractivity contribution in [3.05, 3.63) is 18.4 Å². The van der Waals surface area contributed by atoms with E-state index in [4.69, 9.17) is 4.42 Å². The Morgan fingerprint density at radius 2 is 2.11 bits per heavy atom. The number of rotatable bonds is 5. The third-order valence-electron chi connectivity index (χ3n) is 3.47. The molecule has 0 bridgehead atoms. The minimum atomic E-state index is -3.41. The fraction of sp³-hybridized carbons (Fsp3) is 0.667. The number of sulfonamides is 1. The highest BCUT2D eigenvalue weighted by molar-refractivity contribution is 7.89. The summed E-state index contributed by atoms with van der Waals surface area (Å²) in [5, 5.41) is 3.18. The quantitative estimate of drug-likeness (QED) is 0.899. The third kappa shape index (κ3) is 3.95. The average molecular weight is 309 g/mol. The Kier molecular flexibility index (Phi) is 6.32. The van der Waals surface area contributed by atoms with Crippen LogP contribution in [-0.4, -0.2) is 39.4 Å². The van der Waals surface area contributed by atoms with Gasteiger partial charge in [-0.25, -0.2) is 8.42 Å². The van der Waals surface area contributed by atoms with Gasteiger partial charge >= 0.3 is 0 Å². The van der Waals surface area contributed by atoms with E-state index in [9.17, 15) is 8.42 Å². The molecule has 5 nitrogen and oxygen atoms in total. The van der Waals surface area contributed by atoms with Gasteiger partial charge < -0.3 is 9.73 Å². The second-order valence-corrected chi connectivity index (χ2v) is 6.54. The molecule has 1 N–H and O–H groups in total. The zero-order valence-electron chi connectivity index (χ0n) is 11.0. The van der Waals surface area contributed by atoms with Crippen molar-refractivity contribution in [1.29, 1.82) is 0 Å². The lowest BCUT2D eigenvalue weighted by atomic mass is 9.95. The van der Waals surface area contributed by atoms with Gasteiger partial charge in [-0.1, -0.05) is 0 Å². The topological polar surface area (TPSA) is 62.6 Å². The monoisotopic (exact) mass is 308 g/mol. The molecule has 1 aliphatic heterocycles. The second kappa shape index (κ2) is 7.28. The molecule has 19 heavy (non-hydrogen) atoms. The zero-order chi connectivity index (χ0) is 13.0. The summed E-state index contributed by atoms with van der Waals surface area (Å²) in [6, 6.07) is 3.11. The Hall–Kier alpha value is -0.560. The first-order valence-corrected chi connectivity index (χ1v) is 7.77. The molecule has 0 radical (unpaired) electrons. The van der Waals surface area contributed by atoms with Crippen molar-refractivity contribution in [2.45, 2.75) is 24.4 Å². The lowest BCUT2D eigenvalue weighted by Gasteiger charge is -2.30. The van der Waals surface area contributed by atoms with E-state index < -0.39 is 10.0 Å². The molecule has 0 aromatic carbocycles. The number of piperidine rings is 1. The van der Waals surface area contributed by atoms with Crippen molar-refractivity contribution in [3.63, 3.8) is 0 Å². The van der Waals surface area contributed by atoms with Crippen molar-refractivity contribution in [1.82, 2.24) is 9.62 Å². The maximum atomic E-state index is 12.2. The van der Waals surface area contributed by atoms with E-state index in [1.807, 2.05) is 7.05 Å². The van der Waals surface area contributed by atoms with E-state index in [-0.39, 0.29) is 17.5 Å². The molecule has 1 aromatic heterocycles. The molecule has 0 unspecified atom stereocenters. The molecular weight excluding hydrogens is 288 g/mol. The van der Waals surface area contributed by atoms with Crippen LogP contribution in [0.15, 0.2) is 27.9 Å². The molecule has 110 valence electrons. The molecule has 0 spiro atoms. The van der Waals surface area contributed by atoms with Crippen molar-refractivity contribution in [3.8, 4) is 0 Å². The van der Waals surface area contributed by atoms with Gasteiger partial charge in [-0.05, 0) is 50.9 Å². The predicted molar refractivity (Wildman–Crippen MR) is 76.0 cm³/mol. The van der Waals surface area contributed by atoms with E-state index in [1.165, 1.54) is 16.6 Å². The minimum absolute atomic E-state index is 0. The van der Waals surface area contributed by atoms with Gasteiger partial charge in [0.05, 0.1) is 6.26 Å². The van der Waals surface area contributed by atoms with E-state index in [0.29, 0.717) is 19.0 Å². The standard InChI is InChI=1S/C12H20N2O3S.ClH/c1-13-7-4-11-5-8-14(9-6-11)18(15,16)12-3-2-10-17-12;/h2-3,10-11,13H,4-9H2,1H3;1H. The molecule has 7 heteroatoms. The summed E-state index contributed by atoms with van der Waals surface area (Å²) < 4.78 is 30.9. The second-order valence-electron chi connectivity index (χ2n) is 4.67. The Morgan fingerprint density at radius 3 is 2.63 bits per heavy atom. The van der Waals surface area contributed by atoms with Gasteiger partial charge in [0.1, 0.15) is 0 Å². The maximum Gasteiger partial charge on any atom is 0.276 e. The highest BCUT2D eigenvalue weighted by Crippen LogP contribution is 2.25. The molecule has 1 saturated heterocycles. The Bertz CT molecular complexity index is 453. The highest BCUT2D eigenvalue weighted by atomic mass is 35.5. The number of nitrogens with zero attached hydrogens (tertiary/aromatic N) is 1. The van der Waals surface area contributed by atoms with Crippen LogP contribution < -0.4 is 5.32 Å².